The Kier molecular flexibility index (Phi) is 3.75. The number of hydrogen-bond acceptors (Lipinski definition) is 7. The molecule has 0 aliphatic carbocycles. The Morgan fingerprint density at radius 3 is 2.93 bits per heavy atom. The Hall–Kier alpha value is -2.49. The van der Waals surface area contributed by atoms with Crippen molar-refractivity contribution in [3.8, 4) is 0 Å². The summed E-state index contributed by atoms with van der Waals surface area (Å²) in [7, 11) is 0. The van der Waals surface area contributed by atoms with E-state index in [4.69, 9.17) is 4.74 Å². The minimum atomic E-state index is -0.189. The Labute approximate surface area is 174 Å². The molecular formula is C20H18N6OS2. The average Bonchev–Trinajstić information content (AvgIpc) is 3.42. The van der Waals surface area contributed by atoms with Crippen LogP contribution in [0, 0.1) is 0 Å². The number of thiophene rings is 1. The molecule has 0 N–H and O–H groups in total. The molecule has 29 heavy (non-hydrogen) atoms. The first kappa shape index (κ1) is 17.4. The van der Waals surface area contributed by atoms with Crippen molar-refractivity contribution in [2.45, 2.75) is 43.4 Å². The van der Waals surface area contributed by atoms with E-state index in [0.717, 1.165) is 33.2 Å². The van der Waals surface area contributed by atoms with Gasteiger partial charge in [-0.25, -0.2) is 9.38 Å². The highest BCUT2D eigenvalue weighted by atomic mass is 32.2. The third-order valence-corrected chi connectivity index (χ3v) is 7.45. The number of benzene rings is 1. The molecule has 1 aromatic carbocycles. The van der Waals surface area contributed by atoms with Crippen LogP contribution in [0.1, 0.15) is 29.9 Å². The van der Waals surface area contributed by atoms with E-state index >= 15 is 0 Å². The van der Waals surface area contributed by atoms with Crippen molar-refractivity contribution in [1.82, 2.24) is 29.2 Å². The molecule has 0 saturated heterocycles. The van der Waals surface area contributed by atoms with Gasteiger partial charge < -0.3 is 4.74 Å². The standard InChI is InChI=1S/C20H18N6OS2/c1-20(2)8-13-14(9-27-20)29-17-15(13)16-21-11-22-26(16)18-23-24-19(25(17)18)28-10-12-6-4-3-5-7-12/h3-7,11H,8-10H2,1-2H3. The smallest absolute Gasteiger partial charge is 0.260 e. The molecule has 0 saturated carbocycles. The number of ether oxygens (including phenoxy) is 1. The van der Waals surface area contributed by atoms with Gasteiger partial charge in [-0.1, -0.05) is 42.1 Å². The van der Waals surface area contributed by atoms with Crippen LogP contribution in [0.25, 0.3) is 21.6 Å². The van der Waals surface area contributed by atoms with E-state index < -0.39 is 0 Å². The SMILES string of the molecule is CC1(C)Cc2c(sc3c2c2ncnn2c2nnc(SCc4ccccc4)n32)CO1. The van der Waals surface area contributed by atoms with Crippen LogP contribution in [0.15, 0.2) is 41.8 Å². The lowest BCUT2D eigenvalue weighted by molar-refractivity contribution is -0.0379. The summed E-state index contributed by atoms with van der Waals surface area (Å²) in [5.41, 5.74) is 3.22. The second kappa shape index (κ2) is 6.25. The monoisotopic (exact) mass is 422 g/mol. The Balaban J connectivity index is 1.58. The molecule has 9 heteroatoms. The zero-order valence-electron chi connectivity index (χ0n) is 16.0. The molecule has 0 fully saturated rings. The van der Waals surface area contributed by atoms with Gasteiger partial charge in [0.1, 0.15) is 11.2 Å². The van der Waals surface area contributed by atoms with Gasteiger partial charge in [0.15, 0.2) is 10.8 Å². The van der Waals surface area contributed by atoms with Crippen LogP contribution in [0.4, 0.5) is 0 Å². The number of aromatic nitrogens is 6. The second-order valence-corrected chi connectivity index (χ2v) is 9.82. The molecule has 4 aromatic heterocycles. The van der Waals surface area contributed by atoms with Crippen LogP contribution < -0.4 is 0 Å². The molecule has 0 unspecified atom stereocenters. The van der Waals surface area contributed by atoms with E-state index in [1.54, 1.807) is 33.9 Å². The van der Waals surface area contributed by atoms with Crippen molar-refractivity contribution in [2.75, 3.05) is 0 Å². The number of nitrogens with zero attached hydrogens (tertiary/aromatic N) is 6. The van der Waals surface area contributed by atoms with Crippen LogP contribution >= 0.6 is 23.1 Å². The molecule has 0 bridgehead atoms. The van der Waals surface area contributed by atoms with Gasteiger partial charge in [-0.3, -0.25) is 0 Å². The van der Waals surface area contributed by atoms with E-state index in [9.17, 15) is 0 Å². The maximum absolute atomic E-state index is 6.07. The molecule has 0 spiro atoms. The zero-order valence-corrected chi connectivity index (χ0v) is 17.6. The summed E-state index contributed by atoms with van der Waals surface area (Å²) < 4.78 is 9.99. The normalized spacial score (nSPS) is 16.1. The maximum Gasteiger partial charge on any atom is 0.260 e. The molecule has 5 heterocycles. The van der Waals surface area contributed by atoms with E-state index in [-0.39, 0.29) is 5.60 Å². The first-order valence-corrected chi connectivity index (χ1v) is 11.2. The van der Waals surface area contributed by atoms with Crippen molar-refractivity contribution < 1.29 is 4.74 Å². The number of fused-ring (bicyclic) bond motifs is 8. The highest BCUT2D eigenvalue weighted by molar-refractivity contribution is 7.98. The first-order chi connectivity index (χ1) is 14.1. The maximum atomic E-state index is 6.07. The minimum absolute atomic E-state index is 0.189. The average molecular weight is 423 g/mol. The van der Waals surface area contributed by atoms with Crippen molar-refractivity contribution in [3.05, 3.63) is 52.7 Å². The summed E-state index contributed by atoms with van der Waals surface area (Å²) in [5, 5.41) is 15.4. The van der Waals surface area contributed by atoms with Crippen molar-refractivity contribution in [2.24, 2.45) is 0 Å². The van der Waals surface area contributed by atoms with Crippen molar-refractivity contribution >= 4 is 44.7 Å². The molecule has 0 atom stereocenters. The molecule has 0 radical (unpaired) electrons. The van der Waals surface area contributed by atoms with Crippen LogP contribution in [0.3, 0.4) is 0 Å². The Bertz CT molecular complexity index is 1370. The lowest BCUT2D eigenvalue weighted by atomic mass is 9.94. The van der Waals surface area contributed by atoms with Gasteiger partial charge in [-0.05, 0) is 25.0 Å². The van der Waals surface area contributed by atoms with Gasteiger partial charge in [0, 0.05) is 17.1 Å². The lowest BCUT2D eigenvalue weighted by Crippen LogP contribution is -2.31. The fourth-order valence-electron chi connectivity index (χ4n) is 3.88. The molecule has 1 aliphatic rings. The molecule has 7 nitrogen and oxygen atoms in total. The predicted octanol–water partition coefficient (Wildman–Crippen LogP) is 4.13. The molecule has 0 amide bonds. The third-order valence-electron chi connectivity index (χ3n) is 5.26. The summed E-state index contributed by atoms with van der Waals surface area (Å²) >= 11 is 3.44. The topological polar surface area (TPSA) is 69.6 Å². The highest BCUT2D eigenvalue weighted by Gasteiger charge is 2.32. The predicted molar refractivity (Wildman–Crippen MR) is 113 cm³/mol. The fraction of sp³-hybridized carbons (Fsp3) is 0.300. The minimum Gasteiger partial charge on any atom is -0.370 e. The summed E-state index contributed by atoms with van der Waals surface area (Å²) in [6, 6.07) is 10.4. The van der Waals surface area contributed by atoms with Crippen LogP contribution in [-0.2, 0) is 23.5 Å². The van der Waals surface area contributed by atoms with Crippen molar-refractivity contribution in [1.29, 1.82) is 0 Å². The highest BCUT2D eigenvalue weighted by Crippen LogP contribution is 2.41. The number of rotatable bonds is 3. The summed E-state index contributed by atoms with van der Waals surface area (Å²) in [5.74, 6) is 1.53. The quantitative estimate of drug-likeness (QED) is 0.407. The lowest BCUT2D eigenvalue weighted by Gasteiger charge is -2.30. The summed E-state index contributed by atoms with van der Waals surface area (Å²) in [6.07, 6.45) is 2.44. The molecule has 146 valence electrons. The van der Waals surface area contributed by atoms with Gasteiger partial charge in [0.25, 0.3) is 5.78 Å². The van der Waals surface area contributed by atoms with Gasteiger partial charge in [0.05, 0.1) is 17.6 Å². The largest absolute Gasteiger partial charge is 0.370 e. The van der Waals surface area contributed by atoms with E-state index in [1.165, 1.54) is 16.0 Å². The molecule has 1 aliphatic heterocycles. The third kappa shape index (κ3) is 2.68. The molecule has 5 aromatic rings. The molecule has 6 rings (SSSR count). The Morgan fingerprint density at radius 2 is 2.07 bits per heavy atom. The van der Waals surface area contributed by atoms with Gasteiger partial charge in [0.2, 0.25) is 0 Å². The van der Waals surface area contributed by atoms with Gasteiger partial charge >= 0.3 is 0 Å². The Morgan fingerprint density at radius 1 is 1.21 bits per heavy atom. The van der Waals surface area contributed by atoms with Crippen LogP contribution in [0.2, 0.25) is 0 Å². The van der Waals surface area contributed by atoms with E-state index in [1.807, 2.05) is 6.07 Å². The number of thioether (sulfide) groups is 1. The zero-order chi connectivity index (χ0) is 19.6. The van der Waals surface area contributed by atoms with E-state index in [2.05, 4.69) is 62.8 Å². The summed E-state index contributed by atoms with van der Waals surface area (Å²) in [4.78, 5) is 6.93. The fourth-order valence-corrected chi connectivity index (χ4v) is 6.05. The second-order valence-electron chi connectivity index (χ2n) is 7.80. The number of hydrogen-bond donors (Lipinski definition) is 0. The van der Waals surface area contributed by atoms with Crippen LogP contribution in [-0.4, -0.2) is 34.8 Å². The van der Waals surface area contributed by atoms with Crippen LogP contribution in [0.5, 0.6) is 0 Å². The first-order valence-electron chi connectivity index (χ1n) is 9.42. The van der Waals surface area contributed by atoms with Gasteiger partial charge in [-0.15, -0.1) is 21.5 Å². The molecular weight excluding hydrogens is 404 g/mol. The van der Waals surface area contributed by atoms with E-state index in [0.29, 0.717) is 12.4 Å². The van der Waals surface area contributed by atoms with Crippen molar-refractivity contribution in [3.63, 3.8) is 0 Å². The summed E-state index contributed by atoms with van der Waals surface area (Å²) in [6.45, 7) is 4.90. The van der Waals surface area contributed by atoms with Gasteiger partial charge in [-0.2, -0.15) is 9.61 Å².